The van der Waals surface area contributed by atoms with Crippen LogP contribution in [-0.2, 0) is 10.0 Å². The third-order valence-electron chi connectivity index (χ3n) is 3.62. The molecule has 1 atom stereocenters. The third kappa shape index (κ3) is 4.25. The molecule has 0 radical (unpaired) electrons. The Hall–Kier alpha value is -2.09. The van der Waals surface area contributed by atoms with E-state index in [0.29, 0.717) is 22.6 Å². The van der Waals surface area contributed by atoms with Gasteiger partial charge in [0.1, 0.15) is 11.5 Å². The minimum Gasteiger partial charge on any atom is -0.497 e. The number of hydrogen-bond donors (Lipinski definition) is 2. The van der Waals surface area contributed by atoms with Gasteiger partial charge in [-0.15, -0.1) is 0 Å². The van der Waals surface area contributed by atoms with E-state index in [9.17, 15) is 13.5 Å². The summed E-state index contributed by atoms with van der Waals surface area (Å²) >= 11 is 0. The molecule has 1 unspecified atom stereocenters. The van der Waals surface area contributed by atoms with E-state index in [2.05, 4.69) is 4.72 Å². The summed E-state index contributed by atoms with van der Waals surface area (Å²) in [5.74, 6) is 1.18. The van der Waals surface area contributed by atoms with Crippen LogP contribution in [0.1, 0.15) is 17.2 Å². The molecule has 7 heteroatoms. The van der Waals surface area contributed by atoms with Crippen LogP contribution < -0.4 is 14.2 Å². The first kappa shape index (κ1) is 18.3. The van der Waals surface area contributed by atoms with Crippen LogP contribution in [0.15, 0.2) is 47.4 Å². The van der Waals surface area contributed by atoms with Gasteiger partial charge in [-0.1, -0.05) is 12.1 Å². The largest absolute Gasteiger partial charge is 0.497 e. The number of benzene rings is 2. The van der Waals surface area contributed by atoms with Gasteiger partial charge in [-0.05, 0) is 48.4 Å². The summed E-state index contributed by atoms with van der Waals surface area (Å²) in [6, 6.07) is 11.6. The zero-order valence-corrected chi connectivity index (χ0v) is 14.6. The first-order chi connectivity index (χ1) is 11.4. The fraction of sp³-hybridized carbons (Fsp3) is 0.294. The number of ether oxygens (including phenoxy) is 2. The van der Waals surface area contributed by atoms with E-state index in [1.165, 1.54) is 20.3 Å². The van der Waals surface area contributed by atoms with E-state index in [1.807, 2.05) is 0 Å². The number of hydrogen-bond acceptors (Lipinski definition) is 5. The number of methoxy groups -OCH3 is 2. The average Bonchev–Trinajstić information content (AvgIpc) is 2.59. The molecule has 0 aliphatic carbocycles. The second kappa shape index (κ2) is 7.65. The van der Waals surface area contributed by atoms with Crippen LogP contribution in [-0.4, -0.2) is 34.3 Å². The highest BCUT2D eigenvalue weighted by Crippen LogP contribution is 2.22. The monoisotopic (exact) mass is 351 g/mol. The maximum absolute atomic E-state index is 12.4. The van der Waals surface area contributed by atoms with Gasteiger partial charge in [-0.2, -0.15) is 0 Å². The van der Waals surface area contributed by atoms with E-state index in [4.69, 9.17) is 9.47 Å². The van der Waals surface area contributed by atoms with Crippen LogP contribution in [0.25, 0.3) is 0 Å². The maximum atomic E-state index is 12.4. The molecule has 6 nitrogen and oxygen atoms in total. The van der Waals surface area contributed by atoms with Crippen molar-refractivity contribution in [3.8, 4) is 11.5 Å². The second-order valence-electron chi connectivity index (χ2n) is 5.28. The fourth-order valence-electron chi connectivity index (χ4n) is 2.28. The molecular weight excluding hydrogens is 330 g/mol. The van der Waals surface area contributed by atoms with Gasteiger partial charge in [0.2, 0.25) is 10.0 Å². The van der Waals surface area contributed by atoms with Crippen LogP contribution in [0.5, 0.6) is 11.5 Å². The van der Waals surface area contributed by atoms with Gasteiger partial charge in [0, 0.05) is 6.54 Å². The SMILES string of the molecule is COc1cccc(C(O)CNS(=O)(=O)c2ccc(OC)cc2C)c1. The van der Waals surface area contributed by atoms with Crippen molar-refractivity contribution in [2.75, 3.05) is 20.8 Å². The lowest BCUT2D eigenvalue weighted by Crippen LogP contribution is -2.29. The minimum atomic E-state index is -3.73. The van der Waals surface area contributed by atoms with Gasteiger partial charge < -0.3 is 14.6 Å². The number of aryl methyl sites for hydroxylation is 1. The number of aliphatic hydroxyl groups is 1. The first-order valence-electron chi connectivity index (χ1n) is 7.33. The van der Waals surface area contributed by atoms with Crippen molar-refractivity contribution in [1.82, 2.24) is 4.72 Å². The van der Waals surface area contributed by atoms with Crippen molar-refractivity contribution in [2.24, 2.45) is 0 Å². The predicted octanol–water partition coefficient (Wildman–Crippen LogP) is 2.02. The van der Waals surface area contributed by atoms with E-state index < -0.39 is 16.1 Å². The molecule has 0 amide bonds. The molecule has 130 valence electrons. The molecule has 0 saturated carbocycles. The zero-order chi connectivity index (χ0) is 17.7. The van der Waals surface area contributed by atoms with Gasteiger partial charge in [0.05, 0.1) is 25.2 Å². The molecule has 2 rings (SSSR count). The zero-order valence-electron chi connectivity index (χ0n) is 13.8. The van der Waals surface area contributed by atoms with Crippen molar-refractivity contribution in [1.29, 1.82) is 0 Å². The Balaban J connectivity index is 2.12. The standard InChI is InChI=1S/C17H21NO5S/c1-12-9-15(23-3)7-8-17(12)24(20,21)18-11-16(19)13-5-4-6-14(10-13)22-2/h4-10,16,18-19H,11H2,1-3H3. The van der Waals surface area contributed by atoms with Crippen molar-refractivity contribution in [2.45, 2.75) is 17.9 Å². The van der Waals surface area contributed by atoms with Crippen LogP contribution in [0.2, 0.25) is 0 Å². The Kier molecular flexibility index (Phi) is 5.82. The predicted molar refractivity (Wildman–Crippen MR) is 90.9 cm³/mol. The summed E-state index contributed by atoms with van der Waals surface area (Å²) in [7, 11) is -0.684. The normalized spacial score (nSPS) is 12.7. The van der Waals surface area contributed by atoms with Crippen molar-refractivity contribution in [3.63, 3.8) is 0 Å². The Morgan fingerprint density at radius 2 is 1.75 bits per heavy atom. The molecule has 0 heterocycles. The number of aliphatic hydroxyl groups excluding tert-OH is 1. The van der Waals surface area contributed by atoms with Crippen LogP contribution in [0, 0.1) is 6.92 Å². The van der Waals surface area contributed by atoms with Crippen molar-refractivity contribution in [3.05, 3.63) is 53.6 Å². The summed E-state index contributed by atoms with van der Waals surface area (Å²) in [6.07, 6.45) is -0.978. The van der Waals surface area contributed by atoms with E-state index in [-0.39, 0.29) is 11.4 Å². The highest BCUT2D eigenvalue weighted by molar-refractivity contribution is 7.89. The molecule has 0 spiro atoms. The van der Waals surface area contributed by atoms with Gasteiger partial charge in [-0.3, -0.25) is 0 Å². The van der Waals surface area contributed by atoms with Crippen LogP contribution in [0.4, 0.5) is 0 Å². The van der Waals surface area contributed by atoms with Gasteiger partial charge in [-0.25, -0.2) is 13.1 Å². The van der Waals surface area contributed by atoms with E-state index in [0.717, 1.165) is 0 Å². The summed E-state index contributed by atoms with van der Waals surface area (Å²) in [5, 5.41) is 10.2. The second-order valence-corrected chi connectivity index (χ2v) is 7.01. The molecule has 0 aromatic heterocycles. The summed E-state index contributed by atoms with van der Waals surface area (Å²) in [5.41, 5.74) is 1.14. The molecule has 24 heavy (non-hydrogen) atoms. The lowest BCUT2D eigenvalue weighted by Gasteiger charge is -2.15. The third-order valence-corrected chi connectivity index (χ3v) is 5.20. The quantitative estimate of drug-likeness (QED) is 0.797. The highest BCUT2D eigenvalue weighted by Gasteiger charge is 2.19. The maximum Gasteiger partial charge on any atom is 0.240 e. The molecule has 2 aromatic carbocycles. The van der Waals surface area contributed by atoms with E-state index in [1.54, 1.807) is 43.3 Å². The Morgan fingerprint density at radius 3 is 2.38 bits per heavy atom. The molecule has 0 saturated heterocycles. The van der Waals surface area contributed by atoms with E-state index >= 15 is 0 Å². The highest BCUT2D eigenvalue weighted by atomic mass is 32.2. The molecular formula is C17H21NO5S. The van der Waals surface area contributed by atoms with Crippen LogP contribution >= 0.6 is 0 Å². The molecule has 2 aromatic rings. The Labute approximate surface area is 142 Å². The lowest BCUT2D eigenvalue weighted by molar-refractivity contribution is 0.181. The van der Waals surface area contributed by atoms with Gasteiger partial charge in [0.25, 0.3) is 0 Å². The Bertz CT molecular complexity index is 804. The lowest BCUT2D eigenvalue weighted by atomic mass is 10.1. The number of nitrogens with one attached hydrogen (secondary N) is 1. The fourth-order valence-corrected chi connectivity index (χ4v) is 3.55. The summed E-state index contributed by atoms with van der Waals surface area (Å²) < 4.78 is 37.4. The number of sulfonamides is 1. The minimum absolute atomic E-state index is 0.138. The van der Waals surface area contributed by atoms with Crippen LogP contribution in [0.3, 0.4) is 0 Å². The van der Waals surface area contributed by atoms with Gasteiger partial charge >= 0.3 is 0 Å². The summed E-state index contributed by atoms with van der Waals surface area (Å²) in [6.45, 7) is 1.55. The molecule has 0 bridgehead atoms. The van der Waals surface area contributed by atoms with Crippen molar-refractivity contribution >= 4 is 10.0 Å². The number of rotatable bonds is 7. The van der Waals surface area contributed by atoms with Crippen molar-refractivity contribution < 1.29 is 23.0 Å². The Morgan fingerprint density at radius 1 is 1.08 bits per heavy atom. The molecule has 0 aliphatic heterocycles. The topological polar surface area (TPSA) is 84.9 Å². The van der Waals surface area contributed by atoms with Gasteiger partial charge in [0.15, 0.2) is 0 Å². The average molecular weight is 351 g/mol. The smallest absolute Gasteiger partial charge is 0.240 e. The molecule has 0 aliphatic rings. The molecule has 2 N–H and O–H groups in total. The summed E-state index contributed by atoms with van der Waals surface area (Å²) in [4.78, 5) is 0.154. The first-order valence-corrected chi connectivity index (χ1v) is 8.82. The molecule has 0 fully saturated rings.